The summed E-state index contributed by atoms with van der Waals surface area (Å²) in [6.07, 6.45) is 4.55. The first-order chi connectivity index (χ1) is 8.75. The largest absolute Gasteiger partial charge is 0.379 e. The van der Waals surface area contributed by atoms with Gasteiger partial charge in [0.2, 0.25) is 11.8 Å². The summed E-state index contributed by atoms with van der Waals surface area (Å²) < 4.78 is 5.46. The molecule has 2 saturated heterocycles. The van der Waals surface area contributed by atoms with E-state index in [1.807, 2.05) is 4.90 Å². The van der Waals surface area contributed by atoms with Crippen molar-refractivity contribution in [2.24, 2.45) is 5.92 Å². The third-order valence-corrected chi connectivity index (χ3v) is 4.12. The summed E-state index contributed by atoms with van der Waals surface area (Å²) in [4.78, 5) is 26.1. The van der Waals surface area contributed by atoms with Crippen LogP contribution in [0.3, 0.4) is 0 Å². The van der Waals surface area contributed by atoms with Gasteiger partial charge in [-0.2, -0.15) is 0 Å². The quantitative estimate of drug-likeness (QED) is 0.768. The molecule has 100 valence electrons. The Labute approximate surface area is 107 Å². The number of nitrogens with zero attached hydrogens (tertiary/aromatic N) is 1. The average Bonchev–Trinajstić information content (AvgIpc) is 3.21. The molecule has 0 aromatic carbocycles. The minimum Gasteiger partial charge on any atom is -0.379 e. The maximum Gasteiger partial charge on any atom is 0.245 e. The van der Waals surface area contributed by atoms with E-state index < -0.39 is 0 Å². The van der Waals surface area contributed by atoms with Gasteiger partial charge in [-0.1, -0.05) is 0 Å². The van der Waals surface area contributed by atoms with Gasteiger partial charge in [0.25, 0.3) is 0 Å². The van der Waals surface area contributed by atoms with Gasteiger partial charge in [0.15, 0.2) is 0 Å². The fourth-order valence-corrected chi connectivity index (χ4v) is 2.90. The summed E-state index contributed by atoms with van der Waals surface area (Å²) in [6, 6.07) is -0.109. The van der Waals surface area contributed by atoms with E-state index in [0.717, 1.165) is 32.3 Å². The second-order valence-corrected chi connectivity index (χ2v) is 5.54. The fraction of sp³-hybridized carbons (Fsp3) is 0.846. The number of nitrogens with one attached hydrogen (secondary N) is 1. The lowest BCUT2D eigenvalue weighted by atomic mass is 10.1. The van der Waals surface area contributed by atoms with Crippen molar-refractivity contribution in [1.82, 2.24) is 10.2 Å². The second-order valence-electron chi connectivity index (χ2n) is 5.54. The molecule has 3 fully saturated rings. The second kappa shape index (κ2) is 4.88. The maximum atomic E-state index is 12.5. The van der Waals surface area contributed by atoms with Gasteiger partial charge in [-0.15, -0.1) is 0 Å². The van der Waals surface area contributed by atoms with Gasteiger partial charge in [0.05, 0.1) is 12.6 Å². The van der Waals surface area contributed by atoms with Crippen LogP contribution in [0.25, 0.3) is 0 Å². The highest BCUT2D eigenvalue weighted by molar-refractivity contribution is 5.90. The van der Waals surface area contributed by atoms with Crippen LogP contribution in [-0.2, 0) is 14.3 Å². The molecule has 5 nitrogen and oxygen atoms in total. The van der Waals surface area contributed by atoms with Gasteiger partial charge < -0.3 is 15.0 Å². The molecule has 18 heavy (non-hydrogen) atoms. The number of amides is 2. The van der Waals surface area contributed by atoms with Crippen molar-refractivity contribution in [2.45, 2.75) is 44.2 Å². The molecular weight excluding hydrogens is 232 g/mol. The zero-order valence-corrected chi connectivity index (χ0v) is 10.6. The highest BCUT2D eigenvalue weighted by Gasteiger charge is 2.42. The van der Waals surface area contributed by atoms with Crippen LogP contribution in [0.5, 0.6) is 0 Å². The van der Waals surface area contributed by atoms with E-state index in [9.17, 15) is 9.59 Å². The molecule has 2 unspecified atom stereocenters. The number of hydrogen-bond acceptors (Lipinski definition) is 3. The van der Waals surface area contributed by atoms with Gasteiger partial charge in [0.1, 0.15) is 6.04 Å². The number of hydrogen-bond donors (Lipinski definition) is 1. The Hall–Kier alpha value is -1.10. The van der Waals surface area contributed by atoms with E-state index in [1.165, 1.54) is 0 Å². The van der Waals surface area contributed by atoms with Crippen LogP contribution in [0.15, 0.2) is 0 Å². The maximum absolute atomic E-state index is 12.5. The molecule has 1 N–H and O–H groups in total. The van der Waals surface area contributed by atoms with Crippen LogP contribution in [0.4, 0.5) is 0 Å². The molecule has 2 aliphatic heterocycles. The third-order valence-electron chi connectivity index (χ3n) is 4.12. The molecule has 2 amide bonds. The van der Waals surface area contributed by atoms with Crippen LogP contribution < -0.4 is 5.32 Å². The minimum atomic E-state index is -0.276. The van der Waals surface area contributed by atoms with E-state index in [1.54, 1.807) is 0 Å². The zero-order chi connectivity index (χ0) is 12.5. The van der Waals surface area contributed by atoms with E-state index in [-0.39, 0.29) is 23.9 Å². The molecule has 3 rings (SSSR count). The average molecular weight is 252 g/mol. The topological polar surface area (TPSA) is 58.6 Å². The predicted molar refractivity (Wildman–Crippen MR) is 64.8 cm³/mol. The van der Waals surface area contributed by atoms with E-state index >= 15 is 0 Å². The molecule has 1 aliphatic carbocycles. The van der Waals surface area contributed by atoms with Crippen molar-refractivity contribution >= 4 is 11.8 Å². The Morgan fingerprint density at radius 1 is 1.22 bits per heavy atom. The predicted octanol–water partition coefficient (Wildman–Crippen LogP) is 0.293. The van der Waals surface area contributed by atoms with E-state index in [4.69, 9.17) is 4.74 Å². The highest BCUT2D eigenvalue weighted by atomic mass is 16.5. The summed E-state index contributed by atoms with van der Waals surface area (Å²) in [5, 5.41) is 2.89. The molecule has 2 atom stereocenters. The Morgan fingerprint density at radius 2 is 2.06 bits per heavy atom. The van der Waals surface area contributed by atoms with E-state index in [0.29, 0.717) is 25.5 Å². The molecular formula is C13H20N2O3. The summed E-state index contributed by atoms with van der Waals surface area (Å²) in [5.74, 6) is 0.491. The lowest BCUT2D eigenvalue weighted by Crippen LogP contribution is -2.51. The zero-order valence-electron chi connectivity index (χ0n) is 10.6. The van der Waals surface area contributed by atoms with Gasteiger partial charge in [0, 0.05) is 19.6 Å². The van der Waals surface area contributed by atoms with Gasteiger partial charge >= 0.3 is 0 Å². The van der Waals surface area contributed by atoms with Crippen molar-refractivity contribution in [2.75, 3.05) is 19.8 Å². The summed E-state index contributed by atoms with van der Waals surface area (Å²) >= 11 is 0. The molecule has 1 saturated carbocycles. The SMILES string of the molecule is O=C1CCN(C2CCCOC2)C(=O)C(C2CC2)N1. The van der Waals surface area contributed by atoms with Crippen molar-refractivity contribution < 1.29 is 14.3 Å². The summed E-state index contributed by atoms with van der Waals surface area (Å²) in [6.45, 7) is 1.96. The molecule has 0 radical (unpaired) electrons. The molecule has 0 spiro atoms. The van der Waals surface area contributed by atoms with Crippen molar-refractivity contribution in [1.29, 1.82) is 0 Å². The minimum absolute atomic E-state index is 0.0134. The standard InChI is InChI=1S/C13H20N2O3/c16-11-5-6-15(10-2-1-7-18-8-10)13(17)12(14-11)9-3-4-9/h9-10,12H,1-8H2,(H,14,16). The van der Waals surface area contributed by atoms with Gasteiger partial charge in [-0.05, 0) is 31.6 Å². The monoisotopic (exact) mass is 252 g/mol. The number of rotatable bonds is 2. The molecule has 0 bridgehead atoms. The van der Waals surface area contributed by atoms with Gasteiger partial charge in [-0.25, -0.2) is 0 Å². The molecule has 3 aliphatic rings. The lowest BCUT2D eigenvalue weighted by molar-refractivity contribution is -0.138. The molecule has 0 aromatic heterocycles. The first kappa shape index (κ1) is 12.0. The molecule has 2 heterocycles. The Bertz CT molecular complexity index is 348. The Balaban J connectivity index is 1.74. The van der Waals surface area contributed by atoms with E-state index in [2.05, 4.69) is 5.32 Å². The number of carbonyl (C=O) groups excluding carboxylic acids is 2. The van der Waals surface area contributed by atoms with Crippen molar-refractivity contribution in [3.05, 3.63) is 0 Å². The van der Waals surface area contributed by atoms with Crippen molar-refractivity contribution in [3.8, 4) is 0 Å². The normalized spacial score (nSPS) is 34.1. The number of carbonyl (C=O) groups is 2. The molecule has 5 heteroatoms. The fourth-order valence-electron chi connectivity index (χ4n) is 2.90. The first-order valence-electron chi connectivity index (χ1n) is 6.93. The van der Waals surface area contributed by atoms with Crippen molar-refractivity contribution in [3.63, 3.8) is 0 Å². The van der Waals surface area contributed by atoms with Crippen LogP contribution in [0.2, 0.25) is 0 Å². The first-order valence-corrected chi connectivity index (χ1v) is 6.93. The van der Waals surface area contributed by atoms with Crippen LogP contribution in [0.1, 0.15) is 32.1 Å². The molecule has 0 aromatic rings. The third kappa shape index (κ3) is 2.36. The van der Waals surface area contributed by atoms with Crippen LogP contribution >= 0.6 is 0 Å². The smallest absolute Gasteiger partial charge is 0.245 e. The number of ether oxygens (including phenoxy) is 1. The van der Waals surface area contributed by atoms with Crippen LogP contribution in [0, 0.1) is 5.92 Å². The van der Waals surface area contributed by atoms with Crippen LogP contribution in [-0.4, -0.2) is 48.6 Å². The Morgan fingerprint density at radius 3 is 2.72 bits per heavy atom. The summed E-state index contributed by atoms with van der Waals surface area (Å²) in [7, 11) is 0. The highest BCUT2D eigenvalue weighted by Crippen LogP contribution is 2.34. The Kier molecular flexibility index (Phi) is 3.24. The van der Waals surface area contributed by atoms with Gasteiger partial charge in [-0.3, -0.25) is 9.59 Å². The lowest BCUT2D eigenvalue weighted by Gasteiger charge is -2.34. The summed E-state index contributed by atoms with van der Waals surface area (Å²) in [5.41, 5.74) is 0.